The van der Waals surface area contributed by atoms with Crippen LogP contribution in [0.5, 0.6) is 5.75 Å². The molecule has 4 aromatic rings. The first-order chi connectivity index (χ1) is 12.2. The molecule has 2 heterocycles. The highest BCUT2D eigenvalue weighted by atomic mass is 35.5. The summed E-state index contributed by atoms with van der Waals surface area (Å²) in [6.45, 7) is 0. The minimum absolute atomic E-state index is 0.645. The van der Waals surface area contributed by atoms with Gasteiger partial charge in [-0.2, -0.15) is 5.10 Å². The Morgan fingerprint density at radius 1 is 1.08 bits per heavy atom. The van der Waals surface area contributed by atoms with Gasteiger partial charge >= 0.3 is 0 Å². The fourth-order valence-corrected chi connectivity index (χ4v) is 2.74. The maximum Gasteiger partial charge on any atom is 0.168 e. The van der Waals surface area contributed by atoms with Crippen molar-refractivity contribution in [3.05, 3.63) is 66.1 Å². The molecular formula is C18H14ClN5O. The summed E-state index contributed by atoms with van der Waals surface area (Å²) in [7, 11) is 1.64. The van der Waals surface area contributed by atoms with E-state index in [2.05, 4.69) is 20.4 Å². The summed E-state index contributed by atoms with van der Waals surface area (Å²) in [5.41, 5.74) is 2.45. The molecule has 0 aliphatic carbocycles. The molecule has 124 valence electrons. The molecule has 0 fully saturated rings. The third-order valence-corrected chi connectivity index (χ3v) is 4.01. The van der Waals surface area contributed by atoms with Crippen LogP contribution in [0.4, 0.5) is 11.5 Å². The molecule has 0 aliphatic rings. The van der Waals surface area contributed by atoms with E-state index in [0.29, 0.717) is 16.5 Å². The van der Waals surface area contributed by atoms with E-state index in [-0.39, 0.29) is 0 Å². The summed E-state index contributed by atoms with van der Waals surface area (Å²) < 4.78 is 6.91. The van der Waals surface area contributed by atoms with E-state index >= 15 is 0 Å². The SMILES string of the molecule is COc1ccc(Nc2ncnc3c2cnn3-c2cccc(Cl)c2)cc1. The second kappa shape index (κ2) is 6.41. The highest BCUT2D eigenvalue weighted by molar-refractivity contribution is 6.30. The fourth-order valence-electron chi connectivity index (χ4n) is 2.55. The van der Waals surface area contributed by atoms with Crippen molar-refractivity contribution in [1.82, 2.24) is 19.7 Å². The van der Waals surface area contributed by atoms with E-state index in [4.69, 9.17) is 16.3 Å². The summed E-state index contributed by atoms with van der Waals surface area (Å²) >= 11 is 6.08. The van der Waals surface area contributed by atoms with Crippen molar-refractivity contribution in [1.29, 1.82) is 0 Å². The second-order valence-corrected chi connectivity index (χ2v) is 5.79. The quantitative estimate of drug-likeness (QED) is 0.596. The first-order valence-corrected chi connectivity index (χ1v) is 7.98. The molecule has 0 amide bonds. The average Bonchev–Trinajstić information content (AvgIpc) is 3.07. The Kier molecular flexibility index (Phi) is 3.95. The van der Waals surface area contributed by atoms with Crippen molar-refractivity contribution in [3.63, 3.8) is 0 Å². The third kappa shape index (κ3) is 2.99. The molecule has 2 aromatic carbocycles. The van der Waals surface area contributed by atoms with Crippen LogP contribution in [0.2, 0.25) is 5.02 Å². The zero-order valence-corrected chi connectivity index (χ0v) is 14.1. The van der Waals surface area contributed by atoms with Crippen LogP contribution in [0.3, 0.4) is 0 Å². The zero-order valence-electron chi connectivity index (χ0n) is 13.3. The molecule has 0 aliphatic heterocycles. The number of hydrogen-bond acceptors (Lipinski definition) is 5. The van der Waals surface area contributed by atoms with Gasteiger partial charge < -0.3 is 10.1 Å². The first-order valence-electron chi connectivity index (χ1n) is 7.60. The Bertz CT molecular complexity index is 1030. The molecule has 0 unspecified atom stereocenters. The van der Waals surface area contributed by atoms with E-state index in [9.17, 15) is 0 Å². The van der Waals surface area contributed by atoms with Gasteiger partial charge in [0.15, 0.2) is 5.65 Å². The molecule has 4 rings (SSSR count). The minimum atomic E-state index is 0.645. The van der Waals surface area contributed by atoms with Gasteiger partial charge in [-0.3, -0.25) is 0 Å². The number of benzene rings is 2. The molecule has 0 atom stereocenters. The van der Waals surface area contributed by atoms with Gasteiger partial charge in [-0.25, -0.2) is 14.6 Å². The number of halogens is 1. The number of anilines is 2. The molecule has 2 aromatic heterocycles. The Labute approximate surface area is 149 Å². The van der Waals surface area contributed by atoms with Gasteiger partial charge in [-0.05, 0) is 42.5 Å². The molecule has 6 nitrogen and oxygen atoms in total. The maximum atomic E-state index is 6.08. The van der Waals surface area contributed by atoms with Crippen molar-refractivity contribution in [3.8, 4) is 11.4 Å². The Morgan fingerprint density at radius 3 is 2.68 bits per heavy atom. The van der Waals surface area contributed by atoms with Crippen molar-refractivity contribution in [2.45, 2.75) is 0 Å². The van der Waals surface area contributed by atoms with Gasteiger partial charge in [-0.1, -0.05) is 17.7 Å². The number of hydrogen-bond donors (Lipinski definition) is 1. The summed E-state index contributed by atoms with van der Waals surface area (Å²) in [4.78, 5) is 8.70. The molecule has 25 heavy (non-hydrogen) atoms. The van der Waals surface area contributed by atoms with Crippen LogP contribution < -0.4 is 10.1 Å². The van der Waals surface area contributed by atoms with Gasteiger partial charge in [0.05, 0.1) is 24.4 Å². The molecule has 1 N–H and O–H groups in total. The summed E-state index contributed by atoms with van der Waals surface area (Å²) in [6, 6.07) is 15.1. The van der Waals surface area contributed by atoms with Crippen molar-refractivity contribution in [2.75, 3.05) is 12.4 Å². The van der Waals surface area contributed by atoms with Crippen molar-refractivity contribution < 1.29 is 4.74 Å². The van der Waals surface area contributed by atoms with Crippen LogP contribution in [-0.4, -0.2) is 26.9 Å². The van der Waals surface area contributed by atoms with Crippen LogP contribution in [0, 0.1) is 0 Å². The Balaban J connectivity index is 1.73. The Morgan fingerprint density at radius 2 is 1.92 bits per heavy atom. The van der Waals surface area contributed by atoms with E-state index in [1.165, 1.54) is 6.33 Å². The number of nitrogens with zero attached hydrogens (tertiary/aromatic N) is 4. The van der Waals surface area contributed by atoms with Gasteiger partial charge in [0, 0.05) is 10.7 Å². The van der Waals surface area contributed by atoms with Crippen LogP contribution in [0.15, 0.2) is 61.1 Å². The number of nitrogens with one attached hydrogen (secondary N) is 1. The number of ether oxygens (including phenoxy) is 1. The largest absolute Gasteiger partial charge is 0.497 e. The lowest BCUT2D eigenvalue weighted by atomic mass is 10.3. The number of aromatic nitrogens is 4. The molecule has 0 spiro atoms. The molecule has 0 radical (unpaired) electrons. The van der Waals surface area contributed by atoms with Gasteiger partial charge in [0.2, 0.25) is 0 Å². The van der Waals surface area contributed by atoms with Gasteiger partial charge in [0.1, 0.15) is 17.9 Å². The lowest BCUT2D eigenvalue weighted by Crippen LogP contribution is -1.99. The topological polar surface area (TPSA) is 64.9 Å². The predicted octanol–water partition coefficient (Wildman–Crippen LogP) is 4.22. The lowest BCUT2D eigenvalue weighted by Gasteiger charge is -2.08. The van der Waals surface area contributed by atoms with Crippen LogP contribution in [0.1, 0.15) is 0 Å². The molecule has 0 saturated heterocycles. The summed E-state index contributed by atoms with van der Waals surface area (Å²) in [5.74, 6) is 1.48. The van der Waals surface area contributed by atoms with E-state index in [1.54, 1.807) is 18.0 Å². The molecule has 7 heteroatoms. The Hall–Kier alpha value is -3.12. The third-order valence-electron chi connectivity index (χ3n) is 3.77. The fraction of sp³-hybridized carbons (Fsp3) is 0.0556. The van der Waals surface area contributed by atoms with Crippen LogP contribution in [0.25, 0.3) is 16.7 Å². The van der Waals surface area contributed by atoms with Crippen molar-refractivity contribution in [2.24, 2.45) is 0 Å². The highest BCUT2D eigenvalue weighted by Gasteiger charge is 2.11. The first kappa shape index (κ1) is 15.4. The summed E-state index contributed by atoms with van der Waals surface area (Å²) in [6.07, 6.45) is 3.25. The van der Waals surface area contributed by atoms with Crippen molar-refractivity contribution >= 4 is 34.1 Å². The van der Waals surface area contributed by atoms with E-state index < -0.39 is 0 Å². The maximum absolute atomic E-state index is 6.08. The molecular weight excluding hydrogens is 338 g/mol. The lowest BCUT2D eigenvalue weighted by molar-refractivity contribution is 0.415. The van der Waals surface area contributed by atoms with E-state index in [0.717, 1.165) is 22.5 Å². The number of methoxy groups -OCH3 is 1. The smallest absolute Gasteiger partial charge is 0.168 e. The molecule has 0 saturated carbocycles. The normalized spacial score (nSPS) is 10.8. The summed E-state index contributed by atoms with van der Waals surface area (Å²) in [5, 5.41) is 9.18. The number of fused-ring (bicyclic) bond motifs is 1. The second-order valence-electron chi connectivity index (χ2n) is 5.35. The highest BCUT2D eigenvalue weighted by Crippen LogP contribution is 2.26. The van der Waals surface area contributed by atoms with Gasteiger partial charge in [0.25, 0.3) is 0 Å². The van der Waals surface area contributed by atoms with Crippen LogP contribution >= 0.6 is 11.6 Å². The predicted molar refractivity (Wildman–Crippen MR) is 97.9 cm³/mol. The molecule has 0 bridgehead atoms. The number of rotatable bonds is 4. The van der Waals surface area contributed by atoms with Gasteiger partial charge in [-0.15, -0.1) is 0 Å². The standard InChI is InChI=1S/C18H14ClN5O/c1-25-15-7-5-13(6-8-15)23-17-16-10-22-24(18(16)21-11-20-17)14-4-2-3-12(19)9-14/h2-11H,1H3,(H,20,21,23). The zero-order chi connectivity index (χ0) is 17.2. The van der Waals surface area contributed by atoms with E-state index in [1.807, 2.05) is 48.5 Å². The van der Waals surface area contributed by atoms with Crippen LogP contribution in [-0.2, 0) is 0 Å². The minimum Gasteiger partial charge on any atom is -0.497 e. The monoisotopic (exact) mass is 351 g/mol. The average molecular weight is 352 g/mol.